The van der Waals surface area contributed by atoms with Gasteiger partial charge in [0.2, 0.25) is 0 Å². The zero-order chi connectivity index (χ0) is 14.8. The lowest BCUT2D eigenvalue weighted by Gasteiger charge is -2.07. The molecule has 0 unspecified atom stereocenters. The van der Waals surface area contributed by atoms with Crippen molar-refractivity contribution in [2.24, 2.45) is 0 Å². The van der Waals surface area contributed by atoms with Gasteiger partial charge in [0.25, 0.3) is 6.47 Å². The van der Waals surface area contributed by atoms with Crippen LogP contribution in [0.1, 0.15) is 61.4 Å². The largest absolute Gasteiger partial charge is 0.478 e. The minimum atomic E-state index is -1.09. The SMILES string of the molecule is CCCCCCCCc1ccc(C(=O)O)c(OC=O)c1. The molecule has 0 aliphatic carbocycles. The molecule has 0 radical (unpaired) electrons. The van der Waals surface area contributed by atoms with Gasteiger partial charge in [-0.15, -0.1) is 0 Å². The third-order valence-corrected chi connectivity index (χ3v) is 3.27. The van der Waals surface area contributed by atoms with Crippen LogP contribution in [0.3, 0.4) is 0 Å². The number of benzene rings is 1. The lowest BCUT2D eigenvalue weighted by Crippen LogP contribution is -2.02. The lowest BCUT2D eigenvalue weighted by atomic mass is 10.0. The predicted molar refractivity (Wildman–Crippen MR) is 77.2 cm³/mol. The zero-order valence-electron chi connectivity index (χ0n) is 11.9. The third kappa shape index (κ3) is 5.43. The van der Waals surface area contributed by atoms with Crippen LogP contribution in [0.5, 0.6) is 5.75 Å². The molecule has 4 heteroatoms. The molecule has 0 saturated carbocycles. The second-order valence-corrected chi connectivity index (χ2v) is 4.87. The molecule has 0 saturated heterocycles. The minimum Gasteiger partial charge on any atom is -0.478 e. The molecular formula is C16H22O4. The zero-order valence-corrected chi connectivity index (χ0v) is 11.9. The summed E-state index contributed by atoms with van der Waals surface area (Å²) in [6, 6.07) is 4.92. The van der Waals surface area contributed by atoms with Crippen molar-refractivity contribution in [1.29, 1.82) is 0 Å². The predicted octanol–water partition coefficient (Wildman–Crippen LogP) is 3.82. The van der Waals surface area contributed by atoms with Gasteiger partial charge >= 0.3 is 5.97 Å². The fraction of sp³-hybridized carbons (Fsp3) is 0.500. The molecule has 0 aliphatic rings. The van der Waals surface area contributed by atoms with Crippen molar-refractivity contribution in [3.8, 4) is 5.75 Å². The number of aryl methyl sites for hydroxylation is 1. The van der Waals surface area contributed by atoms with Gasteiger partial charge in [-0.1, -0.05) is 45.1 Å². The number of aromatic carboxylic acids is 1. The molecule has 110 valence electrons. The van der Waals surface area contributed by atoms with E-state index in [9.17, 15) is 9.59 Å². The summed E-state index contributed by atoms with van der Waals surface area (Å²) in [4.78, 5) is 21.4. The average molecular weight is 278 g/mol. The fourth-order valence-electron chi connectivity index (χ4n) is 2.16. The molecule has 0 aliphatic heterocycles. The second-order valence-electron chi connectivity index (χ2n) is 4.87. The number of ether oxygens (including phenoxy) is 1. The Kier molecular flexibility index (Phi) is 7.40. The maximum atomic E-state index is 11.0. The van der Waals surface area contributed by atoms with Crippen LogP contribution in [0, 0.1) is 0 Å². The van der Waals surface area contributed by atoms with Crippen LogP contribution in [0.2, 0.25) is 0 Å². The highest BCUT2D eigenvalue weighted by molar-refractivity contribution is 5.91. The van der Waals surface area contributed by atoms with E-state index in [0.29, 0.717) is 0 Å². The number of hydrogen-bond donors (Lipinski definition) is 1. The van der Waals surface area contributed by atoms with E-state index >= 15 is 0 Å². The Hall–Kier alpha value is -1.84. The number of carbonyl (C=O) groups is 2. The highest BCUT2D eigenvalue weighted by Crippen LogP contribution is 2.21. The van der Waals surface area contributed by atoms with Gasteiger partial charge in [-0.25, -0.2) is 4.79 Å². The molecule has 0 bridgehead atoms. The maximum Gasteiger partial charge on any atom is 0.339 e. The first-order valence-electron chi connectivity index (χ1n) is 7.15. The van der Waals surface area contributed by atoms with Crippen molar-refractivity contribution in [3.63, 3.8) is 0 Å². The maximum absolute atomic E-state index is 11.0. The highest BCUT2D eigenvalue weighted by Gasteiger charge is 2.11. The van der Waals surface area contributed by atoms with Gasteiger partial charge in [-0.2, -0.15) is 0 Å². The summed E-state index contributed by atoms with van der Waals surface area (Å²) < 4.78 is 4.74. The van der Waals surface area contributed by atoms with E-state index in [0.717, 1.165) is 18.4 Å². The molecule has 20 heavy (non-hydrogen) atoms. The molecule has 0 fully saturated rings. The number of hydrogen-bond acceptors (Lipinski definition) is 3. The molecular weight excluding hydrogens is 256 g/mol. The van der Waals surface area contributed by atoms with E-state index in [1.165, 1.54) is 38.2 Å². The van der Waals surface area contributed by atoms with Crippen LogP contribution in [-0.2, 0) is 11.2 Å². The number of rotatable bonds is 10. The second kappa shape index (κ2) is 9.13. The van der Waals surface area contributed by atoms with E-state index in [2.05, 4.69) is 6.92 Å². The van der Waals surface area contributed by atoms with Crippen LogP contribution >= 0.6 is 0 Å². The standard InChI is InChI=1S/C16H22O4/c1-2-3-4-5-6-7-8-13-9-10-14(16(18)19)15(11-13)20-12-17/h9-12H,2-8H2,1H3,(H,18,19). The summed E-state index contributed by atoms with van der Waals surface area (Å²) in [5, 5.41) is 8.98. The molecule has 0 spiro atoms. The summed E-state index contributed by atoms with van der Waals surface area (Å²) in [7, 11) is 0. The molecule has 1 rings (SSSR count). The van der Waals surface area contributed by atoms with Crippen LogP contribution in [0.4, 0.5) is 0 Å². The Bertz CT molecular complexity index is 440. The average Bonchev–Trinajstić information content (AvgIpc) is 2.43. The molecule has 1 aromatic rings. The summed E-state index contributed by atoms with van der Waals surface area (Å²) >= 11 is 0. The summed E-state index contributed by atoms with van der Waals surface area (Å²) in [6.07, 6.45) is 8.14. The number of carboxylic acids is 1. The van der Waals surface area contributed by atoms with Crippen molar-refractivity contribution in [2.45, 2.75) is 51.9 Å². The lowest BCUT2D eigenvalue weighted by molar-refractivity contribution is -0.120. The van der Waals surface area contributed by atoms with Crippen molar-refractivity contribution in [3.05, 3.63) is 29.3 Å². The number of carboxylic acid groups (broad SMARTS) is 1. The van der Waals surface area contributed by atoms with E-state index in [1.54, 1.807) is 12.1 Å². The van der Waals surface area contributed by atoms with Gasteiger partial charge in [-0.3, -0.25) is 4.79 Å². The van der Waals surface area contributed by atoms with E-state index in [4.69, 9.17) is 9.84 Å². The Morgan fingerprint density at radius 3 is 2.55 bits per heavy atom. The molecule has 0 atom stereocenters. The molecule has 4 nitrogen and oxygen atoms in total. The smallest absolute Gasteiger partial charge is 0.339 e. The third-order valence-electron chi connectivity index (χ3n) is 3.27. The van der Waals surface area contributed by atoms with E-state index < -0.39 is 5.97 Å². The molecule has 0 aromatic heterocycles. The number of unbranched alkanes of at least 4 members (excludes halogenated alkanes) is 5. The van der Waals surface area contributed by atoms with E-state index in [-0.39, 0.29) is 17.8 Å². The fourth-order valence-corrected chi connectivity index (χ4v) is 2.16. The first kappa shape index (κ1) is 16.2. The van der Waals surface area contributed by atoms with Crippen LogP contribution in [-0.4, -0.2) is 17.5 Å². The highest BCUT2D eigenvalue weighted by atomic mass is 16.5. The first-order chi connectivity index (χ1) is 9.69. The molecule has 1 aromatic carbocycles. The Morgan fingerprint density at radius 1 is 1.20 bits per heavy atom. The summed E-state index contributed by atoms with van der Waals surface area (Å²) in [6.45, 7) is 2.45. The van der Waals surface area contributed by atoms with Gasteiger partial charge < -0.3 is 9.84 Å². The Morgan fingerprint density at radius 2 is 1.90 bits per heavy atom. The molecule has 1 N–H and O–H groups in total. The topological polar surface area (TPSA) is 63.6 Å². The van der Waals surface area contributed by atoms with Crippen LogP contribution < -0.4 is 4.74 Å². The summed E-state index contributed by atoms with van der Waals surface area (Å²) in [5.41, 5.74) is 1.02. The van der Waals surface area contributed by atoms with E-state index in [1.807, 2.05) is 0 Å². The monoisotopic (exact) mass is 278 g/mol. The normalized spacial score (nSPS) is 10.2. The van der Waals surface area contributed by atoms with Gasteiger partial charge in [0, 0.05) is 0 Å². The van der Waals surface area contributed by atoms with Crippen LogP contribution in [0.15, 0.2) is 18.2 Å². The molecule has 0 heterocycles. The van der Waals surface area contributed by atoms with Gasteiger partial charge in [0.05, 0.1) is 0 Å². The quantitative estimate of drug-likeness (QED) is 0.522. The van der Waals surface area contributed by atoms with Crippen molar-refractivity contribution < 1.29 is 19.4 Å². The van der Waals surface area contributed by atoms with Gasteiger partial charge in [0.15, 0.2) is 0 Å². The number of carbonyl (C=O) groups excluding carboxylic acids is 1. The molecule has 0 amide bonds. The van der Waals surface area contributed by atoms with Gasteiger partial charge in [0.1, 0.15) is 11.3 Å². The minimum absolute atomic E-state index is 0.0174. The summed E-state index contributed by atoms with van der Waals surface area (Å²) in [5.74, 6) is -0.969. The Balaban J connectivity index is 2.52. The Labute approximate surface area is 119 Å². The van der Waals surface area contributed by atoms with Crippen molar-refractivity contribution >= 4 is 12.4 Å². The van der Waals surface area contributed by atoms with Crippen LogP contribution in [0.25, 0.3) is 0 Å². The first-order valence-corrected chi connectivity index (χ1v) is 7.15. The van der Waals surface area contributed by atoms with Crippen molar-refractivity contribution in [2.75, 3.05) is 0 Å². The van der Waals surface area contributed by atoms with Crippen molar-refractivity contribution in [1.82, 2.24) is 0 Å². The van der Waals surface area contributed by atoms with Gasteiger partial charge in [-0.05, 0) is 30.5 Å².